The van der Waals surface area contributed by atoms with E-state index in [2.05, 4.69) is 48.0 Å². The van der Waals surface area contributed by atoms with Gasteiger partial charge < -0.3 is 5.11 Å². The molecule has 0 spiro atoms. The van der Waals surface area contributed by atoms with E-state index in [-0.39, 0.29) is 11.9 Å². The predicted octanol–water partition coefficient (Wildman–Crippen LogP) is 6.85. The number of nitrogens with zero attached hydrogens (tertiary/aromatic N) is 1. The average Bonchev–Trinajstić information content (AvgIpc) is 2.74. The maximum absolute atomic E-state index is 14.4. The molecule has 0 aliphatic carbocycles. The van der Waals surface area contributed by atoms with Crippen molar-refractivity contribution < 1.29 is 9.50 Å². The third kappa shape index (κ3) is 5.98. The van der Waals surface area contributed by atoms with E-state index in [1.54, 1.807) is 24.4 Å². The number of aromatic nitrogens is 1. The van der Waals surface area contributed by atoms with Gasteiger partial charge in [-0.2, -0.15) is 0 Å². The summed E-state index contributed by atoms with van der Waals surface area (Å²) in [4.78, 5) is 4.47. The molecule has 3 aromatic rings. The Morgan fingerprint density at radius 1 is 1.07 bits per heavy atom. The van der Waals surface area contributed by atoms with Crippen LogP contribution in [0.25, 0.3) is 28.5 Å². The highest BCUT2D eigenvalue weighted by Gasteiger charge is 2.08. The third-order valence-electron chi connectivity index (χ3n) is 5.00. The van der Waals surface area contributed by atoms with Crippen molar-refractivity contribution in [3.05, 3.63) is 96.5 Å². The molecule has 3 heteroatoms. The first kappa shape index (κ1) is 21.7. The van der Waals surface area contributed by atoms with E-state index in [0.717, 1.165) is 41.5 Å². The van der Waals surface area contributed by atoms with Crippen LogP contribution >= 0.6 is 0 Å². The van der Waals surface area contributed by atoms with Crippen LogP contribution in [-0.4, -0.2) is 16.2 Å². The molecule has 2 nitrogen and oxygen atoms in total. The van der Waals surface area contributed by atoms with E-state index >= 15 is 0 Å². The fourth-order valence-electron chi connectivity index (χ4n) is 3.32. The summed E-state index contributed by atoms with van der Waals surface area (Å²) in [6.07, 6.45) is 11.0. The fraction of sp³-hybridized carbons (Fsp3) is 0.222. The molecule has 0 aliphatic heterocycles. The van der Waals surface area contributed by atoms with Crippen LogP contribution in [0.2, 0.25) is 0 Å². The molecule has 1 aromatic heterocycles. The Morgan fingerprint density at radius 2 is 1.83 bits per heavy atom. The van der Waals surface area contributed by atoms with Gasteiger partial charge in [0.1, 0.15) is 5.82 Å². The maximum Gasteiger partial charge on any atom is 0.132 e. The minimum absolute atomic E-state index is 0.231. The molecule has 154 valence electrons. The largest absolute Gasteiger partial charge is 0.393 e. The number of hydrogen-bond acceptors (Lipinski definition) is 2. The molecule has 0 bridgehead atoms. The summed E-state index contributed by atoms with van der Waals surface area (Å²) in [5, 5.41) is 9.28. The molecular weight excluding hydrogens is 373 g/mol. The van der Waals surface area contributed by atoms with Crippen LogP contribution in [0.5, 0.6) is 0 Å². The summed E-state index contributed by atoms with van der Waals surface area (Å²) in [5.74, 6) is -0.265. The van der Waals surface area contributed by atoms with Gasteiger partial charge in [-0.1, -0.05) is 54.6 Å². The van der Waals surface area contributed by atoms with E-state index in [1.807, 2.05) is 25.1 Å². The lowest BCUT2D eigenvalue weighted by Crippen LogP contribution is -1.97. The van der Waals surface area contributed by atoms with E-state index in [4.69, 9.17) is 0 Å². The van der Waals surface area contributed by atoms with E-state index in [0.29, 0.717) is 17.7 Å². The number of hydrogen-bond donors (Lipinski definition) is 1. The van der Waals surface area contributed by atoms with Gasteiger partial charge in [0.25, 0.3) is 0 Å². The molecule has 1 N–H and O–H groups in total. The van der Waals surface area contributed by atoms with Crippen LogP contribution in [0.15, 0.2) is 79.5 Å². The quantitative estimate of drug-likeness (QED) is 0.314. The van der Waals surface area contributed by atoms with Crippen molar-refractivity contribution >= 4 is 6.08 Å². The van der Waals surface area contributed by atoms with Gasteiger partial charge in [0.15, 0.2) is 0 Å². The van der Waals surface area contributed by atoms with Gasteiger partial charge in [-0.3, -0.25) is 4.98 Å². The molecule has 0 saturated heterocycles. The molecule has 0 saturated carbocycles. The molecule has 1 atom stereocenters. The Kier molecular flexibility index (Phi) is 7.69. The van der Waals surface area contributed by atoms with Gasteiger partial charge in [-0.05, 0) is 67.5 Å². The minimum Gasteiger partial charge on any atom is -0.393 e. The Labute approximate surface area is 178 Å². The summed E-state index contributed by atoms with van der Waals surface area (Å²) >= 11 is 0. The van der Waals surface area contributed by atoms with Gasteiger partial charge >= 0.3 is 0 Å². The van der Waals surface area contributed by atoms with E-state index in [9.17, 15) is 9.50 Å². The summed E-state index contributed by atoms with van der Waals surface area (Å²) in [6.45, 7) is 5.51. The van der Waals surface area contributed by atoms with Crippen molar-refractivity contribution in [2.45, 2.75) is 38.7 Å². The molecule has 0 radical (unpaired) electrons. The zero-order chi connectivity index (χ0) is 21.3. The lowest BCUT2D eigenvalue weighted by atomic mass is 10.0. The molecule has 0 fully saturated rings. The molecule has 1 heterocycles. The second-order valence-corrected chi connectivity index (χ2v) is 7.54. The smallest absolute Gasteiger partial charge is 0.132 e. The van der Waals surface area contributed by atoms with Gasteiger partial charge in [0.05, 0.1) is 11.8 Å². The Morgan fingerprint density at radius 3 is 2.47 bits per heavy atom. The third-order valence-corrected chi connectivity index (χ3v) is 5.00. The standard InChI is InChI=1S/C27H28FNO/c1-3-7-22-12-16-25(26(28)18-22)27-17-15-24(19-29-27)23-13-10-21(11-14-23)9-6-4-5-8-20(2)30/h3,6,9-20,30H,1,4-5,7-8H2,2H3/b9-6+. The van der Waals surface area contributed by atoms with Crippen LogP contribution in [0.3, 0.4) is 0 Å². The van der Waals surface area contributed by atoms with Crippen molar-refractivity contribution in [1.82, 2.24) is 4.98 Å². The number of aliphatic hydroxyl groups is 1. The minimum atomic E-state index is -0.265. The molecule has 2 aromatic carbocycles. The highest BCUT2D eigenvalue weighted by molar-refractivity contribution is 5.68. The number of aliphatic hydroxyl groups excluding tert-OH is 1. The zero-order valence-corrected chi connectivity index (χ0v) is 17.4. The molecule has 3 rings (SSSR count). The average molecular weight is 402 g/mol. The second-order valence-electron chi connectivity index (χ2n) is 7.54. The first-order chi connectivity index (χ1) is 14.6. The predicted molar refractivity (Wildman–Crippen MR) is 124 cm³/mol. The first-order valence-electron chi connectivity index (χ1n) is 10.4. The van der Waals surface area contributed by atoms with Crippen LogP contribution < -0.4 is 0 Å². The summed E-state index contributed by atoms with van der Waals surface area (Å²) < 4.78 is 14.4. The SMILES string of the molecule is C=CCc1ccc(-c2ccc(-c3ccc(/C=C/CCCC(C)O)cc3)cn2)c(F)c1. The molecule has 30 heavy (non-hydrogen) atoms. The number of benzene rings is 2. The van der Waals surface area contributed by atoms with Crippen LogP contribution in [0.1, 0.15) is 37.3 Å². The molecule has 1 unspecified atom stereocenters. The van der Waals surface area contributed by atoms with Crippen LogP contribution in [0.4, 0.5) is 4.39 Å². The highest BCUT2D eigenvalue weighted by atomic mass is 19.1. The first-order valence-corrected chi connectivity index (χ1v) is 10.4. The van der Waals surface area contributed by atoms with Crippen molar-refractivity contribution in [3.63, 3.8) is 0 Å². The Hall–Kier alpha value is -3.04. The number of allylic oxidation sites excluding steroid dienone is 2. The van der Waals surface area contributed by atoms with Gasteiger partial charge in [0, 0.05) is 17.3 Å². The van der Waals surface area contributed by atoms with Gasteiger partial charge in [-0.15, -0.1) is 6.58 Å². The summed E-state index contributed by atoms with van der Waals surface area (Å²) in [5.41, 5.74) is 5.24. The molecule has 0 aliphatic rings. The summed E-state index contributed by atoms with van der Waals surface area (Å²) in [6, 6.07) is 17.3. The summed E-state index contributed by atoms with van der Waals surface area (Å²) in [7, 11) is 0. The topological polar surface area (TPSA) is 33.1 Å². The lowest BCUT2D eigenvalue weighted by Gasteiger charge is -2.07. The van der Waals surface area contributed by atoms with Crippen molar-refractivity contribution in [3.8, 4) is 22.4 Å². The van der Waals surface area contributed by atoms with Crippen molar-refractivity contribution in [2.75, 3.05) is 0 Å². The number of unbranched alkanes of at least 4 members (excludes halogenated alkanes) is 1. The van der Waals surface area contributed by atoms with Crippen LogP contribution in [0, 0.1) is 5.82 Å². The molecular formula is C27H28FNO. The van der Waals surface area contributed by atoms with Gasteiger partial charge in [0.2, 0.25) is 0 Å². The zero-order valence-electron chi connectivity index (χ0n) is 17.4. The van der Waals surface area contributed by atoms with Crippen LogP contribution in [-0.2, 0) is 6.42 Å². The Bertz CT molecular complexity index is 988. The number of halogens is 1. The highest BCUT2D eigenvalue weighted by Crippen LogP contribution is 2.25. The normalized spacial score (nSPS) is 12.2. The second kappa shape index (κ2) is 10.7. The maximum atomic E-state index is 14.4. The number of rotatable bonds is 9. The molecule has 0 amide bonds. The number of pyridine rings is 1. The lowest BCUT2D eigenvalue weighted by molar-refractivity contribution is 0.182. The Balaban J connectivity index is 1.66. The van der Waals surface area contributed by atoms with E-state index in [1.165, 1.54) is 0 Å². The van der Waals surface area contributed by atoms with Gasteiger partial charge in [-0.25, -0.2) is 4.39 Å². The van der Waals surface area contributed by atoms with Crippen molar-refractivity contribution in [2.24, 2.45) is 0 Å². The monoisotopic (exact) mass is 401 g/mol. The fourth-order valence-corrected chi connectivity index (χ4v) is 3.32. The van der Waals surface area contributed by atoms with E-state index < -0.39 is 0 Å². The van der Waals surface area contributed by atoms with Crippen molar-refractivity contribution in [1.29, 1.82) is 0 Å².